The van der Waals surface area contributed by atoms with E-state index in [-0.39, 0.29) is 17.3 Å². The van der Waals surface area contributed by atoms with Gasteiger partial charge in [0.1, 0.15) is 10.9 Å². The van der Waals surface area contributed by atoms with Crippen molar-refractivity contribution < 1.29 is 5.11 Å². The molecule has 204 valence electrons. The number of benzene rings is 3. The lowest BCUT2D eigenvalue weighted by molar-refractivity contribution is 0.473. The number of hydrogen-bond acceptors (Lipinski definition) is 7. The van der Waals surface area contributed by atoms with Crippen LogP contribution in [-0.2, 0) is 0 Å². The Morgan fingerprint density at radius 3 is 2.37 bits per heavy atom. The molecule has 0 fully saturated rings. The van der Waals surface area contributed by atoms with E-state index in [1.54, 1.807) is 51.7 Å². The summed E-state index contributed by atoms with van der Waals surface area (Å²) >= 11 is 21.4. The van der Waals surface area contributed by atoms with Gasteiger partial charge in [0.2, 0.25) is 0 Å². The fourth-order valence-electron chi connectivity index (χ4n) is 4.34. The predicted octanol–water partition coefficient (Wildman–Crippen LogP) is 8.83. The van der Waals surface area contributed by atoms with Crippen LogP contribution in [0.25, 0.3) is 33.8 Å². The Kier molecular flexibility index (Phi) is 7.32. The average molecular weight is 716 g/mol. The van der Waals surface area contributed by atoms with E-state index >= 15 is 0 Å². The third kappa shape index (κ3) is 5.12. The summed E-state index contributed by atoms with van der Waals surface area (Å²) < 4.78 is 3.76. The lowest BCUT2D eigenvalue weighted by Gasteiger charge is -2.11. The number of halogens is 4. The van der Waals surface area contributed by atoms with Crippen molar-refractivity contribution in [1.29, 1.82) is 0 Å². The Balaban J connectivity index is 1.63. The van der Waals surface area contributed by atoms with Crippen LogP contribution in [-0.4, -0.2) is 29.5 Å². The highest BCUT2D eigenvalue weighted by molar-refractivity contribution is 14.1. The molecule has 13 heteroatoms. The first-order chi connectivity index (χ1) is 19.7. The number of phenolic OH excluding ortho intramolecular Hbond substituents is 1. The molecule has 3 aromatic carbocycles. The quantitative estimate of drug-likeness (QED) is 0.137. The molecule has 6 rings (SSSR count). The maximum Gasteiger partial charge on any atom is 0.186 e. The SMILES string of the molecule is Cc1nn(-c2ccccc2)c(Cl)c1-c1cc(-c2cc(Cl)cc(I)c2O)nc2c(N=Nc3ccc(Cl)cc3)c(N)nn12. The Labute approximate surface area is 262 Å². The number of rotatable bonds is 5. The van der Waals surface area contributed by atoms with Crippen LogP contribution in [0.5, 0.6) is 5.75 Å². The number of fused-ring (bicyclic) bond motifs is 1. The molecule has 0 radical (unpaired) electrons. The number of hydrogen-bond donors (Lipinski definition) is 2. The smallest absolute Gasteiger partial charge is 0.186 e. The number of nitrogens with zero attached hydrogens (tertiary/aromatic N) is 7. The van der Waals surface area contributed by atoms with Crippen LogP contribution in [0.2, 0.25) is 15.2 Å². The van der Waals surface area contributed by atoms with E-state index in [0.29, 0.717) is 58.3 Å². The van der Waals surface area contributed by atoms with Gasteiger partial charge in [-0.05, 0) is 84.1 Å². The zero-order valence-corrected chi connectivity index (χ0v) is 25.5. The highest BCUT2D eigenvalue weighted by Crippen LogP contribution is 2.41. The number of phenols is 1. The molecular formula is C28H18Cl3IN8O. The van der Waals surface area contributed by atoms with Gasteiger partial charge in [-0.15, -0.1) is 10.2 Å². The van der Waals surface area contributed by atoms with Crippen molar-refractivity contribution in [3.63, 3.8) is 0 Å². The molecule has 0 aliphatic heterocycles. The molecule has 41 heavy (non-hydrogen) atoms. The number of nitrogen functional groups attached to an aromatic ring is 1. The Morgan fingerprint density at radius 2 is 1.63 bits per heavy atom. The molecule has 0 bridgehead atoms. The van der Waals surface area contributed by atoms with E-state index in [0.717, 1.165) is 5.69 Å². The van der Waals surface area contributed by atoms with Gasteiger partial charge >= 0.3 is 0 Å². The van der Waals surface area contributed by atoms with Crippen LogP contribution in [0.15, 0.2) is 83.0 Å². The normalized spacial score (nSPS) is 11.6. The minimum absolute atomic E-state index is 0.0254. The summed E-state index contributed by atoms with van der Waals surface area (Å²) in [6, 6.07) is 21.5. The zero-order valence-electron chi connectivity index (χ0n) is 21.1. The van der Waals surface area contributed by atoms with Crippen molar-refractivity contribution in [1.82, 2.24) is 24.4 Å². The van der Waals surface area contributed by atoms with Gasteiger partial charge in [-0.2, -0.15) is 10.2 Å². The molecule has 0 saturated heterocycles. The summed E-state index contributed by atoms with van der Waals surface area (Å²) in [7, 11) is 0. The van der Waals surface area contributed by atoms with Crippen LogP contribution >= 0.6 is 57.4 Å². The van der Waals surface area contributed by atoms with Crippen molar-refractivity contribution in [2.45, 2.75) is 6.92 Å². The molecular weight excluding hydrogens is 698 g/mol. The molecule has 6 aromatic rings. The van der Waals surface area contributed by atoms with Crippen molar-refractivity contribution in [2.24, 2.45) is 10.2 Å². The molecule has 3 heterocycles. The highest BCUT2D eigenvalue weighted by Gasteiger charge is 2.25. The maximum absolute atomic E-state index is 11.0. The number of aryl methyl sites for hydroxylation is 1. The summed E-state index contributed by atoms with van der Waals surface area (Å²) in [5.41, 5.74) is 10.8. The Bertz CT molecular complexity index is 1970. The maximum atomic E-state index is 11.0. The van der Waals surface area contributed by atoms with Crippen LogP contribution in [0.1, 0.15) is 5.69 Å². The molecule has 0 aliphatic rings. The van der Waals surface area contributed by atoms with Gasteiger partial charge in [-0.1, -0.05) is 53.0 Å². The Hall–Kier alpha value is -3.71. The second-order valence-corrected chi connectivity index (χ2v) is 11.3. The van der Waals surface area contributed by atoms with E-state index in [4.69, 9.17) is 50.6 Å². The second kappa shape index (κ2) is 10.9. The summed E-state index contributed by atoms with van der Waals surface area (Å²) in [5, 5.41) is 30.3. The monoisotopic (exact) mass is 714 g/mol. The molecule has 3 N–H and O–H groups in total. The van der Waals surface area contributed by atoms with Crippen LogP contribution < -0.4 is 5.73 Å². The minimum atomic E-state index is 0.0254. The average Bonchev–Trinajstić information content (AvgIpc) is 3.44. The molecule has 0 unspecified atom stereocenters. The van der Waals surface area contributed by atoms with Gasteiger partial charge in [0.25, 0.3) is 0 Å². The molecule has 0 amide bonds. The predicted molar refractivity (Wildman–Crippen MR) is 170 cm³/mol. The van der Waals surface area contributed by atoms with Crippen molar-refractivity contribution >= 4 is 80.2 Å². The number of anilines is 1. The standard InChI is InChI=1S/C28H18Cl3IN8O/c1-14-23(26(31)39(37-14)18-5-3-2-4-6-18)22-13-21(19-11-16(30)12-20(32)25(19)41)34-28-24(27(33)38-40(22)28)36-35-17-9-7-15(29)8-10-17/h2-13,41H,1H3,(H2,33,38). The third-order valence-corrected chi connectivity index (χ3v) is 7.89. The highest BCUT2D eigenvalue weighted by atomic mass is 127. The topological polar surface area (TPSA) is 119 Å². The van der Waals surface area contributed by atoms with E-state index < -0.39 is 0 Å². The molecule has 3 aromatic heterocycles. The number of aromatic nitrogens is 5. The fraction of sp³-hybridized carbons (Fsp3) is 0.0357. The van der Waals surface area contributed by atoms with E-state index in [9.17, 15) is 5.11 Å². The van der Waals surface area contributed by atoms with Gasteiger partial charge in [0.05, 0.1) is 37.6 Å². The Morgan fingerprint density at radius 1 is 0.902 bits per heavy atom. The van der Waals surface area contributed by atoms with E-state index in [2.05, 4.69) is 15.3 Å². The van der Waals surface area contributed by atoms with Gasteiger partial charge in [0.15, 0.2) is 17.2 Å². The minimum Gasteiger partial charge on any atom is -0.506 e. The van der Waals surface area contributed by atoms with Crippen LogP contribution in [0, 0.1) is 10.5 Å². The second-order valence-electron chi connectivity index (χ2n) is 8.95. The summed E-state index contributed by atoms with van der Waals surface area (Å²) in [4.78, 5) is 4.80. The van der Waals surface area contributed by atoms with E-state index in [1.807, 2.05) is 59.8 Å². The van der Waals surface area contributed by atoms with Crippen molar-refractivity contribution in [2.75, 3.05) is 5.73 Å². The lowest BCUT2D eigenvalue weighted by atomic mass is 10.1. The zero-order chi connectivity index (χ0) is 28.8. The molecule has 0 aliphatic carbocycles. The largest absolute Gasteiger partial charge is 0.506 e. The van der Waals surface area contributed by atoms with Gasteiger partial charge in [-0.3, -0.25) is 0 Å². The molecule has 0 spiro atoms. The van der Waals surface area contributed by atoms with Crippen molar-refractivity contribution in [3.8, 4) is 34.0 Å². The summed E-state index contributed by atoms with van der Waals surface area (Å²) in [6.45, 7) is 1.85. The first-order valence-electron chi connectivity index (χ1n) is 12.1. The number of azo groups is 1. The number of aromatic hydroxyl groups is 1. The van der Waals surface area contributed by atoms with Gasteiger partial charge < -0.3 is 10.8 Å². The van der Waals surface area contributed by atoms with Crippen molar-refractivity contribution in [3.05, 3.63) is 97.3 Å². The first kappa shape index (κ1) is 27.5. The van der Waals surface area contributed by atoms with Gasteiger partial charge in [0, 0.05) is 15.6 Å². The van der Waals surface area contributed by atoms with E-state index in [1.165, 1.54) is 0 Å². The van der Waals surface area contributed by atoms with Crippen LogP contribution in [0.3, 0.4) is 0 Å². The first-order valence-corrected chi connectivity index (χ1v) is 14.3. The summed E-state index contributed by atoms with van der Waals surface area (Å²) in [5.74, 6) is 0.125. The summed E-state index contributed by atoms with van der Waals surface area (Å²) in [6.07, 6.45) is 0. The fourth-order valence-corrected chi connectivity index (χ4v) is 5.86. The lowest BCUT2D eigenvalue weighted by Crippen LogP contribution is -2.00. The molecule has 0 atom stereocenters. The van der Waals surface area contributed by atoms with Gasteiger partial charge in [-0.25, -0.2) is 14.2 Å². The molecule has 9 nitrogen and oxygen atoms in total. The van der Waals surface area contributed by atoms with Crippen LogP contribution in [0.4, 0.5) is 17.2 Å². The number of para-hydroxylation sites is 1. The third-order valence-electron chi connectivity index (χ3n) is 6.25. The molecule has 0 saturated carbocycles. The number of nitrogens with two attached hydrogens (primary N) is 1.